The molecule has 0 saturated carbocycles. The van der Waals surface area contributed by atoms with Crippen molar-refractivity contribution in [1.82, 2.24) is 4.98 Å². The Morgan fingerprint density at radius 3 is 1.31 bits per heavy atom. The van der Waals surface area contributed by atoms with Gasteiger partial charge in [-0.1, -0.05) is 218 Å². The molecule has 0 saturated heterocycles. The van der Waals surface area contributed by atoms with Crippen LogP contribution in [0.15, 0.2) is 237 Å². The van der Waals surface area contributed by atoms with Gasteiger partial charge in [0, 0.05) is 10.9 Å². The van der Waals surface area contributed by atoms with Gasteiger partial charge in [-0.3, -0.25) is 0 Å². The Kier molecular flexibility index (Phi) is 8.57. The van der Waals surface area contributed by atoms with E-state index < -0.39 is 0 Å². The van der Waals surface area contributed by atoms with E-state index in [0.29, 0.717) is 0 Å². The molecule has 0 bridgehead atoms. The molecule has 0 spiro atoms. The third kappa shape index (κ3) is 5.98. The number of nitrogens with zero attached hydrogens (tertiary/aromatic N) is 1. The molecule has 0 atom stereocenters. The van der Waals surface area contributed by atoms with Crippen LogP contribution in [0.1, 0.15) is 0 Å². The Morgan fingerprint density at radius 2 is 0.694 bits per heavy atom. The van der Waals surface area contributed by atoms with E-state index in [-0.39, 0.29) is 0 Å². The van der Waals surface area contributed by atoms with Crippen LogP contribution in [-0.4, -0.2) is 4.98 Å². The minimum Gasteiger partial charge on any atom is -0.248 e. The van der Waals surface area contributed by atoms with E-state index in [2.05, 4.69) is 237 Å². The van der Waals surface area contributed by atoms with E-state index in [1.165, 1.54) is 104 Å². The summed E-state index contributed by atoms with van der Waals surface area (Å²) in [7, 11) is 0. The van der Waals surface area contributed by atoms with Crippen molar-refractivity contribution in [3.63, 3.8) is 0 Å². The number of rotatable bonds is 6. The van der Waals surface area contributed by atoms with Crippen LogP contribution in [-0.2, 0) is 0 Å². The van der Waals surface area contributed by atoms with Gasteiger partial charge in [-0.15, -0.1) is 0 Å². The molecule has 1 aromatic heterocycles. The van der Waals surface area contributed by atoms with Crippen LogP contribution < -0.4 is 0 Å². The molecule has 0 aliphatic rings. The van der Waals surface area contributed by atoms with Crippen molar-refractivity contribution in [2.24, 2.45) is 0 Å². The van der Waals surface area contributed by atoms with Gasteiger partial charge in [-0.05, 0) is 117 Å². The molecule has 0 radical (unpaired) electrons. The highest BCUT2D eigenvalue weighted by Crippen LogP contribution is 2.46. The number of aromatic nitrogens is 1. The molecule has 0 fully saturated rings. The number of fused-ring (bicyclic) bond motifs is 6. The second kappa shape index (κ2) is 14.9. The fraction of sp³-hybridized carbons (Fsp3) is 0. The van der Waals surface area contributed by atoms with Gasteiger partial charge in [0.05, 0.1) is 11.2 Å². The zero-order chi connectivity index (χ0) is 41.0. The van der Waals surface area contributed by atoms with Gasteiger partial charge in [-0.25, -0.2) is 4.98 Å². The summed E-state index contributed by atoms with van der Waals surface area (Å²) in [6.07, 6.45) is 0. The molecule has 0 aliphatic carbocycles. The number of hydrogen-bond donors (Lipinski definition) is 0. The van der Waals surface area contributed by atoms with E-state index in [1.807, 2.05) is 0 Å². The molecule has 288 valence electrons. The monoisotopic (exact) mass is 785 g/mol. The maximum atomic E-state index is 5.18. The highest BCUT2D eigenvalue weighted by Gasteiger charge is 2.19. The molecular formula is C61H39N. The van der Waals surface area contributed by atoms with Gasteiger partial charge in [0.15, 0.2) is 0 Å². The van der Waals surface area contributed by atoms with Crippen LogP contribution in [0.3, 0.4) is 0 Å². The summed E-state index contributed by atoms with van der Waals surface area (Å²) in [5.41, 5.74) is 15.3. The van der Waals surface area contributed by atoms with E-state index in [0.717, 1.165) is 16.8 Å². The average molecular weight is 786 g/mol. The average Bonchev–Trinajstić information content (AvgIpc) is 3.35. The van der Waals surface area contributed by atoms with Crippen LogP contribution in [0.25, 0.3) is 121 Å². The summed E-state index contributed by atoms with van der Waals surface area (Å²) in [4.78, 5) is 5.18. The number of pyridine rings is 1. The SMILES string of the molecule is c1ccc(-c2cc(-c3ccc(-c4ccc(-c5ccc6c(-c7ccccc7)c7ccccc7c(-c7ccccc7)c6c5)c5ccccc45)cc3)c3c(ccc4ccccc43)n2)cc1. The van der Waals surface area contributed by atoms with E-state index in [1.54, 1.807) is 0 Å². The van der Waals surface area contributed by atoms with Crippen molar-refractivity contribution < 1.29 is 0 Å². The van der Waals surface area contributed by atoms with Crippen LogP contribution in [0.5, 0.6) is 0 Å². The van der Waals surface area contributed by atoms with Gasteiger partial charge in [0.1, 0.15) is 0 Å². The standard InChI is InChI=1S/C61H39N/c1-4-17-43(18-5-1)58-39-55(61-49-23-11-10-16-40(49)33-37-57(61)62-58)42-30-28-41(29-31-42)47-35-36-48(51-25-13-12-24-50(47)51)46-32-34-54-56(38-46)60(45-21-8-3-9-22-45)53-27-15-14-26-52(53)59(54)44-19-6-2-7-20-44/h1-39H. The Bertz CT molecular complexity index is 3650. The van der Waals surface area contributed by atoms with Gasteiger partial charge in [0.25, 0.3) is 0 Å². The summed E-state index contributed by atoms with van der Waals surface area (Å²) in [6, 6.07) is 86.1. The summed E-state index contributed by atoms with van der Waals surface area (Å²) in [5, 5.41) is 11.1. The Labute approximate surface area is 360 Å². The van der Waals surface area contributed by atoms with Crippen LogP contribution in [0, 0.1) is 0 Å². The van der Waals surface area contributed by atoms with Gasteiger partial charge < -0.3 is 0 Å². The molecule has 0 amide bonds. The van der Waals surface area contributed by atoms with Gasteiger partial charge in [0.2, 0.25) is 0 Å². The maximum Gasteiger partial charge on any atom is 0.0722 e. The minimum absolute atomic E-state index is 0.975. The Hall–Kier alpha value is -8.13. The summed E-state index contributed by atoms with van der Waals surface area (Å²) in [5.74, 6) is 0. The van der Waals surface area contributed by atoms with Crippen LogP contribution >= 0.6 is 0 Å². The number of hydrogen-bond acceptors (Lipinski definition) is 1. The summed E-state index contributed by atoms with van der Waals surface area (Å²) in [6.45, 7) is 0. The molecule has 11 aromatic carbocycles. The lowest BCUT2D eigenvalue weighted by atomic mass is 9.84. The zero-order valence-corrected chi connectivity index (χ0v) is 34.0. The quantitative estimate of drug-likeness (QED) is 0.121. The lowest BCUT2D eigenvalue weighted by Crippen LogP contribution is -1.92. The Morgan fingerprint density at radius 1 is 0.242 bits per heavy atom. The predicted molar refractivity (Wildman–Crippen MR) is 264 cm³/mol. The summed E-state index contributed by atoms with van der Waals surface area (Å²) < 4.78 is 0. The predicted octanol–water partition coefficient (Wildman–Crippen LogP) is 16.8. The molecule has 0 aliphatic heterocycles. The topological polar surface area (TPSA) is 12.9 Å². The third-order valence-corrected chi connectivity index (χ3v) is 12.7. The minimum atomic E-state index is 0.975. The first kappa shape index (κ1) is 35.8. The van der Waals surface area contributed by atoms with Crippen LogP contribution in [0.2, 0.25) is 0 Å². The fourth-order valence-electron chi connectivity index (χ4n) is 9.80. The molecule has 1 nitrogen and oxygen atoms in total. The highest BCUT2D eigenvalue weighted by molar-refractivity contribution is 6.22. The zero-order valence-electron chi connectivity index (χ0n) is 34.0. The first-order valence-corrected chi connectivity index (χ1v) is 21.4. The second-order valence-corrected chi connectivity index (χ2v) is 16.2. The first-order valence-electron chi connectivity index (χ1n) is 21.4. The van der Waals surface area contributed by atoms with Crippen molar-refractivity contribution in [3.8, 4) is 66.9 Å². The van der Waals surface area contributed by atoms with Crippen molar-refractivity contribution in [2.45, 2.75) is 0 Å². The normalized spacial score (nSPS) is 11.5. The number of benzene rings is 11. The third-order valence-electron chi connectivity index (χ3n) is 12.7. The van der Waals surface area contributed by atoms with E-state index in [4.69, 9.17) is 4.98 Å². The lowest BCUT2D eigenvalue weighted by molar-refractivity contribution is 1.40. The molecule has 0 N–H and O–H groups in total. The van der Waals surface area contributed by atoms with Crippen molar-refractivity contribution in [3.05, 3.63) is 237 Å². The van der Waals surface area contributed by atoms with E-state index in [9.17, 15) is 0 Å². The molecule has 1 heteroatoms. The van der Waals surface area contributed by atoms with Gasteiger partial charge in [-0.2, -0.15) is 0 Å². The second-order valence-electron chi connectivity index (χ2n) is 16.2. The largest absolute Gasteiger partial charge is 0.248 e. The summed E-state index contributed by atoms with van der Waals surface area (Å²) >= 11 is 0. The highest BCUT2D eigenvalue weighted by atomic mass is 14.7. The van der Waals surface area contributed by atoms with Crippen molar-refractivity contribution in [2.75, 3.05) is 0 Å². The van der Waals surface area contributed by atoms with Crippen molar-refractivity contribution in [1.29, 1.82) is 0 Å². The smallest absolute Gasteiger partial charge is 0.0722 e. The molecule has 0 unspecified atom stereocenters. The van der Waals surface area contributed by atoms with E-state index >= 15 is 0 Å². The molecule has 1 heterocycles. The maximum absolute atomic E-state index is 5.18. The lowest BCUT2D eigenvalue weighted by Gasteiger charge is -2.19. The molecular weight excluding hydrogens is 747 g/mol. The van der Waals surface area contributed by atoms with Crippen LogP contribution in [0.4, 0.5) is 0 Å². The Balaban J connectivity index is 1.01. The fourth-order valence-corrected chi connectivity index (χ4v) is 9.80. The molecule has 12 aromatic rings. The molecule has 62 heavy (non-hydrogen) atoms. The molecule has 12 rings (SSSR count). The van der Waals surface area contributed by atoms with Gasteiger partial charge >= 0.3 is 0 Å². The first-order chi connectivity index (χ1) is 30.8. The van der Waals surface area contributed by atoms with Crippen molar-refractivity contribution >= 4 is 54.0 Å².